The Kier molecular flexibility index (Phi) is 3.18. The molecule has 0 saturated heterocycles. The Morgan fingerprint density at radius 1 is 1.23 bits per heavy atom. The van der Waals surface area contributed by atoms with Crippen molar-refractivity contribution in [1.82, 2.24) is 4.90 Å². The molecule has 2 atom stereocenters. The molecule has 2 unspecified atom stereocenters. The lowest BCUT2D eigenvalue weighted by Crippen LogP contribution is -2.27. The van der Waals surface area contributed by atoms with Crippen LogP contribution in [0.3, 0.4) is 0 Å². The van der Waals surface area contributed by atoms with Crippen molar-refractivity contribution in [2.24, 2.45) is 0 Å². The van der Waals surface area contributed by atoms with Gasteiger partial charge in [-0.2, -0.15) is 0 Å². The number of hydrogen-bond donors (Lipinski definition) is 0. The summed E-state index contributed by atoms with van der Waals surface area (Å²) in [6, 6.07) is 0.229. The first-order valence-electron chi connectivity index (χ1n) is 4.29. The van der Waals surface area contributed by atoms with Crippen LogP contribution in [-0.2, 0) is 4.74 Å². The van der Waals surface area contributed by atoms with Crippen LogP contribution in [-0.4, -0.2) is 37.5 Å². The lowest BCUT2D eigenvalue weighted by molar-refractivity contribution is -0.341. The minimum Gasteiger partial charge on any atom is -0.306 e. The third-order valence-corrected chi connectivity index (χ3v) is 2.39. The van der Waals surface area contributed by atoms with Gasteiger partial charge in [-0.3, -0.25) is 4.74 Å². The van der Waals surface area contributed by atoms with Crippen molar-refractivity contribution in [2.75, 3.05) is 14.1 Å². The monoisotopic (exact) mass is 197 g/mol. The highest BCUT2D eigenvalue weighted by atomic mass is 19.4. The highest BCUT2D eigenvalue weighted by Gasteiger charge is 2.37. The molecule has 0 aromatic heterocycles. The first-order chi connectivity index (χ1) is 5.88. The summed E-state index contributed by atoms with van der Waals surface area (Å²) in [4.78, 5) is 1.94. The smallest absolute Gasteiger partial charge is 0.306 e. The van der Waals surface area contributed by atoms with Gasteiger partial charge in [-0.25, -0.2) is 0 Å². The number of rotatable bonds is 2. The van der Waals surface area contributed by atoms with E-state index in [1.807, 2.05) is 19.0 Å². The second kappa shape index (κ2) is 3.84. The van der Waals surface area contributed by atoms with Crippen molar-refractivity contribution >= 4 is 0 Å². The van der Waals surface area contributed by atoms with Gasteiger partial charge in [0.15, 0.2) is 0 Å². The van der Waals surface area contributed by atoms with Gasteiger partial charge in [0.1, 0.15) is 0 Å². The van der Waals surface area contributed by atoms with Crippen LogP contribution in [0.2, 0.25) is 0 Å². The Hall–Kier alpha value is -0.290. The molecule has 1 aliphatic rings. The summed E-state index contributed by atoms with van der Waals surface area (Å²) in [5.41, 5.74) is 0. The summed E-state index contributed by atoms with van der Waals surface area (Å²) < 4.78 is 39.4. The lowest BCUT2D eigenvalue weighted by atomic mass is 10.2. The van der Waals surface area contributed by atoms with E-state index in [9.17, 15) is 13.2 Å². The highest BCUT2D eigenvalue weighted by molar-refractivity contribution is 4.81. The van der Waals surface area contributed by atoms with E-state index in [2.05, 4.69) is 4.74 Å². The normalized spacial score (nSPS) is 30.0. The largest absolute Gasteiger partial charge is 0.522 e. The Labute approximate surface area is 75.7 Å². The maximum atomic E-state index is 11.8. The molecule has 0 radical (unpaired) electrons. The Balaban J connectivity index is 2.33. The van der Waals surface area contributed by atoms with Gasteiger partial charge in [-0.15, -0.1) is 13.2 Å². The van der Waals surface area contributed by atoms with Crippen LogP contribution < -0.4 is 0 Å². The molecule has 0 aliphatic heterocycles. The van der Waals surface area contributed by atoms with Crippen LogP contribution >= 0.6 is 0 Å². The van der Waals surface area contributed by atoms with E-state index in [1.54, 1.807) is 0 Å². The molecule has 13 heavy (non-hydrogen) atoms. The molecule has 0 heterocycles. The molecular weight excluding hydrogens is 183 g/mol. The predicted octanol–water partition coefficient (Wildman–Crippen LogP) is 2.01. The summed E-state index contributed by atoms with van der Waals surface area (Å²) in [5, 5.41) is 0. The molecule has 1 aliphatic carbocycles. The van der Waals surface area contributed by atoms with E-state index in [0.29, 0.717) is 12.8 Å². The molecule has 2 nitrogen and oxygen atoms in total. The van der Waals surface area contributed by atoms with Crippen LogP contribution in [0.15, 0.2) is 0 Å². The van der Waals surface area contributed by atoms with E-state index in [0.717, 1.165) is 6.42 Å². The number of hydrogen-bond acceptors (Lipinski definition) is 2. The summed E-state index contributed by atoms with van der Waals surface area (Å²) in [6.45, 7) is 0. The zero-order chi connectivity index (χ0) is 10.1. The average molecular weight is 197 g/mol. The zero-order valence-electron chi connectivity index (χ0n) is 7.77. The third-order valence-electron chi connectivity index (χ3n) is 2.39. The molecule has 0 N–H and O–H groups in total. The molecule has 1 fully saturated rings. The van der Waals surface area contributed by atoms with Crippen molar-refractivity contribution in [3.05, 3.63) is 0 Å². The van der Waals surface area contributed by atoms with Gasteiger partial charge in [-0.1, -0.05) is 0 Å². The SMILES string of the molecule is CN(C)C1CCC(OC(F)(F)F)C1. The fourth-order valence-corrected chi connectivity index (χ4v) is 1.68. The number of nitrogens with zero attached hydrogens (tertiary/aromatic N) is 1. The van der Waals surface area contributed by atoms with Crippen LogP contribution in [0.4, 0.5) is 13.2 Å². The first kappa shape index (κ1) is 10.8. The van der Waals surface area contributed by atoms with Gasteiger partial charge < -0.3 is 4.90 Å². The molecule has 0 amide bonds. The molecule has 0 spiro atoms. The fourth-order valence-electron chi connectivity index (χ4n) is 1.68. The standard InChI is InChI=1S/C8H14F3NO/c1-12(2)6-3-4-7(5-6)13-8(9,10)11/h6-7H,3-5H2,1-2H3. The van der Waals surface area contributed by atoms with Crippen LogP contribution in [0, 0.1) is 0 Å². The molecule has 0 bridgehead atoms. The molecule has 5 heteroatoms. The molecule has 1 saturated carbocycles. The van der Waals surface area contributed by atoms with Crippen LogP contribution in [0.1, 0.15) is 19.3 Å². The second-order valence-electron chi connectivity index (χ2n) is 3.62. The Bertz CT molecular complexity index is 169. The highest BCUT2D eigenvalue weighted by Crippen LogP contribution is 2.30. The average Bonchev–Trinajstić information content (AvgIpc) is 2.31. The summed E-state index contributed by atoms with van der Waals surface area (Å²) in [6.07, 6.45) is -3.36. The predicted molar refractivity (Wildman–Crippen MR) is 42.3 cm³/mol. The molecule has 0 aromatic rings. The second-order valence-corrected chi connectivity index (χ2v) is 3.62. The zero-order valence-corrected chi connectivity index (χ0v) is 7.77. The Morgan fingerprint density at radius 3 is 2.23 bits per heavy atom. The van der Waals surface area contributed by atoms with E-state index >= 15 is 0 Å². The first-order valence-corrected chi connectivity index (χ1v) is 4.29. The van der Waals surface area contributed by atoms with E-state index in [1.165, 1.54) is 0 Å². The maximum Gasteiger partial charge on any atom is 0.522 e. The molecule has 78 valence electrons. The lowest BCUT2D eigenvalue weighted by Gasteiger charge is -2.19. The van der Waals surface area contributed by atoms with E-state index in [-0.39, 0.29) is 6.04 Å². The fraction of sp³-hybridized carbons (Fsp3) is 1.00. The van der Waals surface area contributed by atoms with Crippen LogP contribution in [0.5, 0.6) is 0 Å². The number of ether oxygens (including phenoxy) is 1. The van der Waals surface area contributed by atoms with Gasteiger partial charge in [0.05, 0.1) is 6.10 Å². The van der Waals surface area contributed by atoms with Crippen molar-refractivity contribution < 1.29 is 17.9 Å². The Morgan fingerprint density at radius 2 is 1.85 bits per heavy atom. The van der Waals surface area contributed by atoms with Gasteiger partial charge in [0.2, 0.25) is 0 Å². The van der Waals surface area contributed by atoms with Crippen molar-refractivity contribution in [1.29, 1.82) is 0 Å². The van der Waals surface area contributed by atoms with Crippen molar-refractivity contribution in [3.8, 4) is 0 Å². The summed E-state index contributed by atoms with van der Waals surface area (Å²) in [5.74, 6) is 0. The topological polar surface area (TPSA) is 12.5 Å². The molecule has 0 aromatic carbocycles. The molecular formula is C8H14F3NO. The minimum atomic E-state index is -4.48. The number of alkyl halides is 3. The van der Waals surface area contributed by atoms with Crippen LogP contribution in [0.25, 0.3) is 0 Å². The van der Waals surface area contributed by atoms with Crippen molar-refractivity contribution in [3.63, 3.8) is 0 Å². The summed E-state index contributed by atoms with van der Waals surface area (Å²) >= 11 is 0. The molecule has 1 rings (SSSR count). The van der Waals surface area contributed by atoms with Gasteiger partial charge in [0.25, 0.3) is 0 Å². The van der Waals surface area contributed by atoms with E-state index in [4.69, 9.17) is 0 Å². The third kappa shape index (κ3) is 3.52. The number of halogens is 3. The van der Waals surface area contributed by atoms with E-state index < -0.39 is 12.5 Å². The van der Waals surface area contributed by atoms with Gasteiger partial charge in [0, 0.05) is 6.04 Å². The summed E-state index contributed by atoms with van der Waals surface area (Å²) in [7, 11) is 3.75. The van der Waals surface area contributed by atoms with Crippen molar-refractivity contribution in [2.45, 2.75) is 37.8 Å². The maximum absolute atomic E-state index is 11.8. The van der Waals surface area contributed by atoms with Gasteiger partial charge in [-0.05, 0) is 33.4 Å². The van der Waals surface area contributed by atoms with Gasteiger partial charge >= 0.3 is 6.36 Å². The quantitative estimate of drug-likeness (QED) is 0.671. The minimum absolute atomic E-state index is 0.229.